The van der Waals surface area contributed by atoms with Crippen molar-refractivity contribution in [2.75, 3.05) is 11.9 Å². The molecule has 1 aliphatic heterocycles. The lowest BCUT2D eigenvalue weighted by molar-refractivity contribution is 0.0526. The lowest BCUT2D eigenvalue weighted by Gasteiger charge is -2.10. The van der Waals surface area contributed by atoms with Crippen molar-refractivity contribution in [3.63, 3.8) is 0 Å². The molecular weight excluding hydrogens is 324 g/mol. The number of hydrogen-bond donors (Lipinski definition) is 3. The van der Waals surface area contributed by atoms with Crippen molar-refractivity contribution in [3.8, 4) is 0 Å². The van der Waals surface area contributed by atoms with Gasteiger partial charge in [-0.2, -0.15) is 4.99 Å². The predicted molar refractivity (Wildman–Crippen MR) is 91.5 cm³/mol. The van der Waals surface area contributed by atoms with Crippen LogP contribution < -0.4 is 16.0 Å². The summed E-state index contributed by atoms with van der Waals surface area (Å²) < 4.78 is 4.89. The number of carbonyl (C=O) groups is 3. The Morgan fingerprint density at radius 1 is 1.28 bits per heavy atom. The van der Waals surface area contributed by atoms with Crippen molar-refractivity contribution in [2.24, 2.45) is 4.99 Å². The van der Waals surface area contributed by atoms with Crippen molar-refractivity contribution in [1.82, 2.24) is 10.6 Å². The number of nitrogens with zero attached hydrogens (tertiary/aromatic N) is 1. The summed E-state index contributed by atoms with van der Waals surface area (Å²) in [5.41, 5.74) is 1.99. The van der Waals surface area contributed by atoms with Crippen LogP contribution in [-0.2, 0) is 4.74 Å². The molecule has 2 aliphatic rings. The van der Waals surface area contributed by atoms with E-state index in [9.17, 15) is 14.4 Å². The normalized spacial score (nSPS) is 19.6. The van der Waals surface area contributed by atoms with Gasteiger partial charge in [0.25, 0.3) is 0 Å². The molecule has 128 valence electrons. The van der Waals surface area contributed by atoms with Crippen LogP contribution in [0.3, 0.4) is 0 Å². The highest BCUT2D eigenvalue weighted by Crippen LogP contribution is 2.14. The molecule has 1 atom stereocenters. The van der Waals surface area contributed by atoms with Crippen LogP contribution in [0.2, 0.25) is 0 Å². The summed E-state index contributed by atoms with van der Waals surface area (Å²) in [7, 11) is 0. The molecule has 1 aromatic rings. The number of fused-ring (bicyclic) bond motifs is 1. The second-order valence-electron chi connectivity index (χ2n) is 5.30. The summed E-state index contributed by atoms with van der Waals surface area (Å²) in [6.45, 7) is 2.03. The quantitative estimate of drug-likeness (QED) is 0.731. The van der Waals surface area contributed by atoms with Gasteiger partial charge in [0.2, 0.25) is 0 Å². The van der Waals surface area contributed by atoms with E-state index in [1.54, 1.807) is 49.4 Å². The molecule has 1 fully saturated rings. The zero-order valence-electron chi connectivity index (χ0n) is 13.4. The van der Waals surface area contributed by atoms with Gasteiger partial charge in [-0.3, -0.25) is 0 Å². The number of urea groups is 2. The van der Waals surface area contributed by atoms with E-state index in [2.05, 4.69) is 20.9 Å². The average molecular weight is 340 g/mol. The van der Waals surface area contributed by atoms with Gasteiger partial charge in [0.15, 0.2) is 0 Å². The molecule has 3 rings (SSSR count). The van der Waals surface area contributed by atoms with Gasteiger partial charge in [0.1, 0.15) is 0 Å². The lowest BCUT2D eigenvalue weighted by atomic mass is 10.1. The fraction of sp³-hybridized carbons (Fsp3) is 0.176. The largest absolute Gasteiger partial charge is 0.462 e. The third-order valence-corrected chi connectivity index (χ3v) is 3.52. The van der Waals surface area contributed by atoms with Gasteiger partial charge in [0, 0.05) is 11.4 Å². The Bertz CT molecular complexity index is 808. The number of aliphatic imine (C=N–C) groups is 1. The SMILES string of the molecule is CCOC(=O)c1ccc(NC(=O)/N=C2\C=CC3NC(=O)NC3=C2)cc1. The molecule has 0 radical (unpaired) electrons. The molecule has 0 bridgehead atoms. The lowest BCUT2D eigenvalue weighted by Crippen LogP contribution is -2.25. The summed E-state index contributed by atoms with van der Waals surface area (Å²) in [4.78, 5) is 38.8. The number of ether oxygens (including phenoxy) is 1. The Balaban J connectivity index is 1.64. The molecule has 4 amide bonds. The maximum atomic E-state index is 12.0. The maximum absolute atomic E-state index is 12.0. The van der Waals surface area contributed by atoms with Crippen molar-refractivity contribution in [2.45, 2.75) is 13.0 Å². The van der Waals surface area contributed by atoms with Crippen LogP contribution in [0.15, 0.2) is 53.2 Å². The highest BCUT2D eigenvalue weighted by atomic mass is 16.5. The molecule has 1 heterocycles. The van der Waals surface area contributed by atoms with Gasteiger partial charge in [-0.15, -0.1) is 0 Å². The van der Waals surface area contributed by atoms with Crippen molar-refractivity contribution < 1.29 is 19.1 Å². The highest BCUT2D eigenvalue weighted by Gasteiger charge is 2.26. The number of nitrogens with one attached hydrogen (secondary N) is 3. The van der Waals surface area contributed by atoms with Crippen LogP contribution >= 0.6 is 0 Å². The fourth-order valence-corrected chi connectivity index (χ4v) is 2.39. The highest BCUT2D eigenvalue weighted by molar-refractivity contribution is 6.12. The average Bonchev–Trinajstić information content (AvgIpc) is 2.95. The Morgan fingerprint density at radius 3 is 2.76 bits per heavy atom. The monoisotopic (exact) mass is 340 g/mol. The van der Waals surface area contributed by atoms with Crippen molar-refractivity contribution >= 4 is 29.4 Å². The van der Waals surface area contributed by atoms with Crippen molar-refractivity contribution in [1.29, 1.82) is 0 Å². The van der Waals surface area contributed by atoms with Gasteiger partial charge >= 0.3 is 18.0 Å². The summed E-state index contributed by atoms with van der Waals surface area (Å²) in [6, 6.07) is 5.27. The maximum Gasteiger partial charge on any atom is 0.345 e. The Morgan fingerprint density at radius 2 is 2.04 bits per heavy atom. The third-order valence-electron chi connectivity index (χ3n) is 3.52. The van der Waals surface area contributed by atoms with E-state index in [0.29, 0.717) is 29.3 Å². The van der Waals surface area contributed by atoms with E-state index in [1.807, 2.05) is 0 Å². The Kier molecular flexibility index (Phi) is 4.60. The minimum atomic E-state index is -0.559. The van der Waals surface area contributed by atoms with Gasteiger partial charge in [-0.05, 0) is 43.3 Å². The fourth-order valence-electron chi connectivity index (χ4n) is 2.39. The molecule has 0 aromatic heterocycles. The number of carbonyl (C=O) groups excluding carboxylic acids is 3. The van der Waals surface area contributed by atoms with E-state index >= 15 is 0 Å². The Labute approximate surface area is 143 Å². The van der Waals surface area contributed by atoms with Crippen LogP contribution in [-0.4, -0.2) is 36.4 Å². The molecule has 8 heteroatoms. The minimum absolute atomic E-state index is 0.204. The Hall–Kier alpha value is -3.42. The number of allylic oxidation sites excluding steroid dienone is 2. The molecule has 0 saturated carbocycles. The van der Waals surface area contributed by atoms with Crippen LogP contribution in [0.1, 0.15) is 17.3 Å². The number of rotatable bonds is 3. The summed E-state index contributed by atoms with van der Waals surface area (Å²) in [5.74, 6) is -0.415. The third kappa shape index (κ3) is 3.92. The molecule has 8 nitrogen and oxygen atoms in total. The van der Waals surface area contributed by atoms with Gasteiger partial charge in [-0.25, -0.2) is 14.4 Å². The second kappa shape index (κ2) is 7.00. The molecule has 1 unspecified atom stereocenters. The molecule has 3 N–H and O–H groups in total. The minimum Gasteiger partial charge on any atom is -0.462 e. The number of hydrogen-bond acceptors (Lipinski definition) is 4. The van der Waals surface area contributed by atoms with E-state index < -0.39 is 12.0 Å². The standard InChI is InChI=1S/C17H16N4O4/c1-2-25-15(22)10-3-5-11(6-4-10)18-16(23)19-12-7-8-13-14(9-12)21-17(24)20-13/h3-9,13H,2H2,1H3,(H,18,23)(H2,20,21,24)/b19-12+. The van der Waals surface area contributed by atoms with Gasteiger partial charge in [-0.1, -0.05) is 6.08 Å². The van der Waals surface area contributed by atoms with E-state index in [-0.39, 0.29) is 12.1 Å². The number of esters is 1. The van der Waals surface area contributed by atoms with E-state index in [1.165, 1.54) is 0 Å². The number of benzene rings is 1. The van der Waals surface area contributed by atoms with Gasteiger partial charge < -0.3 is 20.7 Å². The first-order valence-electron chi connectivity index (χ1n) is 7.69. The molecule has 0 spiro atoms. The first kappa shape index (κ1) is 16.4. The molecule has 1 aromatic carbocycles. The summed E-state index contributed by atoms with van der Waals surface area (Å²) in [5, 5.41) is 7.94. The molecule has 1 saturated heterocycles. The molecule has 25 heavy (non-hydrogen) atoms. The van der Waals surface area contributed by atoms with E-state index in [4.69, 9.17) is 4.74 Å². The molecule has 1 aliphatic carbocycles. The number of amides is 4. The van der Waals surface area contributed by atoms with Crippen LogP contribution in [0.5, 0.6) is 0 Å². The van der Waals surface area contributed by atoms with Crippen molar-refractivity contribution in [3.05, 3.63) is 53.8 Å². The van der Waals surface area contributed by atoms with Crippen LogP contribution in [0, 0.1) is 0 Å². The summed E-state index contributed by atoms with van der Waals surface area (Å²) >= 11 is 0. The zero-order valence-corrected chi connectivity index (χ0v) is 13.4. The first-order valence-corrected chi connectivity index (χ1v) is 7.69. The summed E-state index contributed by atoms with van der Waals surface area (Å²) in [6.07, 6.45) is 5.03. The smallest absolute Gasteiger partial charge is 0.345 e. The molecular formula is C17H16N4O4. The zero-order chi connectivity index (χ0) is 17.8. The first-order chi connectivity index (χ1) is 12.0. The topological polar surface area (TPSA) is 109 Å². The van der Waals surface area contributed by atoms with Crippen LogP contribution in [0.25, 0.3) is 0 Å². The van der Waals surface area contributed by atoms with Crippen LogP contribution in [0.4, 0.5) is 15.3 Å². The van der Waals surface area contributed by atoms with Gasteiger partial charge in [0.05, 0.1) is 23.9 Å². The predicted octanol–water partition coefficient (Wildman–Crippen LogP) is 1.97. The van der Waals surface area contributed by atoms with E-state index in [0.717, 1.165) is 0 Å². The number of anilines is 1. The second-order valence-corrected chi connectivity index (χ2v) is 5.30.